The lowest BCUT2D eigenvalue weighted by molar-refractivity contribution is -0.127. The Bertz CT molecular complexity index is 767. The SMILES string of the molecule is CCCCSCCCNC(=O)C1CCC2S/C(=C/c3ccc(OC)cc3)C(=O)NC2C1. The molecular formula is C24H34N2O3S2. The smallest absolute Gasteiger partial charge is 0.257 e. The lowest BCUT2D eigenvalue weighted by atomic mass is 9.84. The van der Waals surface area contributed by atoms with Crippen LogP contribution in [0.5, 0.6) is 5.75 Å². The zero-order valence-electron chi connectivity index (χ0n) is 18.5. The van der Waals surface area contributed by atoms with Crippen molar-refractivity contribution in [1.29, 1.82) is 0 Å². The molecule has 1 heterocycles. The highest BCUT2D eigenvalue weighted by Gasteiger charge is 2.39. The van der Waals surface area contributed by atoms with E-state index in [-0.39, 0.29) is 23.8 Å². The maximum Gasteiger partial charge on any atom is 0.257 e. The van der Waals surface area contributed by atoms with Crippen molar-refractivity contribution in [2.45, 2.75) is 56.7 Å². The van der Waals surface area contributed by atoms with Crippen molar-refractivity contribution in [2.24, 2.45) is 5.92 Å². The highest BCUT2D eigenvalue weighted by molar-refractivity contribution is 8.04. The van der Waals surface area contributed by atoms with Gasteiger partial charge in [0.15, 0.2) is 0 Å². The molecule has 1 aromatic carbocycles. The average molecular weight is 463 g/mol. The standard InChI is InChI=1S/C24H34N2O3S2/c1-3-4-13-30-14-5-12-25-23(27)18-8-11-21-20(16-18)26-24(28)22(31-21)15-17-6-9-19(29-2)10-7-17/h6-7,9-10,15,18,20-21H,3-5,8,11-14,16H2,1-2H3,(H,25,27)(H,26,28)/b22-15+. The van der Waals surface area contributed by atoms with Crippen LogP contribution < -0.4 is 15.4 Å². The predicted molar refractivity (Wildman–Crippen MR) is 131 cm³/mol. The Morgan fingerprint density at radius 3 is 2.77 bits per heavy atom. The molecule has 1 saturated heterocycles. The molecule has 1 aromatic rings. The van der Waals surface area contributed by atoms with Gasteiger partial charge in [-0.05, 0) is 67.4 Å². The van der Waals surface area contributed by atoms with Crippen LogP contribution in [0.4, 0.5) is 0 Å². The van der Waals surface area contributed by atoms with E-state index >= 15 is 0 Å². The molecule has 5 nitrogen and oxygen atoms in total. The maximum atomic E-state index is 12.6. The minimum Gasteiger partial charge on any atom is -0.497 e. The first kappa shape index (κ1) is 24.1. The lowest BCUT2D eigenvalue weighted by Gasteiger charge is -2.39. The van der Waals surface area contributed by atoms with Gasteiger partial charge in [-0.2, -0.15) is 11.8 Å². The number of ether oxygens (including phenoxy) is 1. The summed E-state index contributed by atoms with van der Waals surface area (Å²) in [6.07, 6.45) is 8.02. The van der Waals surface area contributed by atoms with Crippen LogP contribution in [0.3, 0.4) is 0 Å². The van der Waals surface area contributed by atoms with Crippen molar-refractivity contribution in [3.63, 3.8) is 0 Å². The van der Waals surface area contributed by atoms with E-state index in [4.69, 9.17) is 4.74 Å². The summed E-state index contributed by atoms with van der Waals surface area (Å²) in [4.78, 5) is 26.0. The van der Waals surface area contributed by atoms with Gasteiger partial charge in [-0.25, -0.2) is 0 Å². The molecule has 1 aliphatic heterocycles. The number of benzene rings is 1. The molecule has 0 spiro atoms. The Hall–Kier alpha value is -1.60. The van der Waals surface area contributed by atoms with Gasteiger partial charge in [-0.15, -0.1) is 11.8 Å². The third-order valence-electron chi connectivity index (χ3n) is 5.80. The molecule has 2 aliphatic rings. The van der Waals surface area contributed by atoms with Gasteiger partial charge in [0.25, 0.3) is 5.91 Å². The molecule has 3 rings (SSSR count). The molecule has 0 bridgehead atoms. The number of carbonyl (C=O) groups is 2. The Kier molecular flexibility index (Phi) is 9.65. The van der Waals surface area contributed by atoms with Crippen LogP contribution in [-0.4, -0.2) is 48.3 Å². The number of fused-ring (bicyclic) bond motifs is 1. The summed E-state index contributed by atoms with van der Waals surface area (Å²) >= 11 is 3.63. The number of hydrogen-bond donors (Lipinski definition) is 2. The second-order valence-electron chi connectivity index (χ2n) is 8.14. The summed E-state index contributed by atoms with van der Waals surface area (Å²) < 4.78 is 5.19. The molecule has 3 unspecified atom stereocenters. The molecule has 7 heteroatoms. The van der Waals surface area contributed by atoms with Gasteiger partial charge in [0.2, 0.25) is 5.91 Å². The van der Waals surface area contributed by atoms with Gasteiger partial charge in [-0.3, -0.25) is 9.59 Å². The zero-order valence-corrected chi connectivity index (χ0v) is 20.2. The number of amides is 2. The van der Waals surface area contributed by atoms with Crippen LogP contribution in [0.1, 0.15) is 51.0 Å². The Balaban J connectivity index is 1.45. The fraction of sp³-hybridized carbons (Fsp3) is 0.583. The van der Waals surface area contributed by atoms with E-state index in [1.807, 2.05) is 42.1 Å². The van der Waals surface area contributed by atoms with Crippen molar-refractivity contribution in [3.8, 4) is 5.75 Å². The minimum atomic E-state index is -0.0350. The highest BCUT2D eigenvalue weighted by atomic mass is 32.2. The van der Waals surface area contributed by atoms with Crippen LogP contribution in [0.25, 0.3) is 6.08 Å². The third-order valence-corrected chi connectivity index (χ3v) is 8.38. The van der Waals surface area contributed by atoms with E-state index in [1.54, 1.807) is 18.9 Å². The number of methoxy groups -OCH3 is 1. The zero-order chi connectivity index (χ0) is 22.1. The van der Waals surface area contributed by atoms with Crippen LogP contribution in [-0.2, 0) is 9.59 Å². The first-order valence-electron chi connectivity index (χ1n) is 11.3. The molecule has 0 aromatic heterocycles. The van der Waals surface area contributed by atoms with E-state index in [1.165, 1.54) is 18.6 Å². The van der Waals surface area contributed by atoms with Crippen molar-refractivity contribution < 1.29 is 14.3 Å². The molecule has 2 amide bonds. The van der Waals surface area contributed by atoms with E-state index in [9.17, 15) is 9.59 Å². The molecule has 0 radical (unpaired) electrons. The van der Waals surface area contributed by atoms with Gasteiger partial charge in [0, 0.05) is 23.8 Å². The number of rotatable bonds is 10. The van der Waals surface area contributed by atoms with Crippen molar-refractivity contribution in [3.05, 3.63) is 34.7 Å². The highest BCUT2D eigenvalue weighted by Crippen LogP contribution is 2.40. The number of nitrogens with one attached hydrogen (secondary N) is 2. The van der Waals surface area contributed by atoms with E-state index < -0.39 is 0 Å². The summed E-state index contributed by atoms with van der Waals surface area (Å²) in [6, 6.07) is 7.77. The molecule has 31 heavy (non-hydrogen) atoms. The Labute approximate surface area is 194 Å². The summed E-state index contributed by atoms with van der Waals surface area (Å²) in [5, 5.41) is 6.60. The summed E-state index contributed by atoms with van der Waals surface area (Å²) in [5.41, 5.74) is 0.984. The van der Waals surface area contributed by atoms with Gasteiger partial charge >= 0.3 is 0 Å². The number of unbranched alkanes of at least 4 members (excludes halogenated alkanes) is 1. The van der Waals surface area contributed by atoms with Crippen LogP contribution in [0, 0.1) is 5.92 Å². The maximum absolute atomic E-state index is 12.6. The molecule has 2 N–H and O–H groups in total. The van der Waals surface area contributed by atoms with Gasteiger partial charge in [0.05, 0.1) is 12.0 Å². The number of carbonyl (C=O) groups excluding carboxylic acids is 2. The minimum absolute atomic E-state index is 0.00186. The van der Waals surface area contributed by atoms with E-state index in [2.05, 4.69) is 17.6 Å². The topological polar surface area (TPSA) is 67.4 Å². The molecule has 1 saturated carbocycles. The van der Waals surface area contributed by atoms with Crippen LogP contribution in [0.2, 0.25) is 0 Å². The summed E-state index contributed by atoms with van der Waals surface area (Å²) in [6.45, 7) is 2.96. The second-order valence-corrected chi connectivity index (χ2v) is 10.6. The average Bonchev–Trinajstić information content (AvgIpc) is 2.79. The summed E-state index contributed by atoms with van der Waals surface area (Å²) in [5.74, 6) is 3.23. The second kappa shape index (κ2) is 12.4. The van der Waals surface area contributed by atoms with E-state index in [0.717, 1.165) is 54.2 Å². The monoisotopic (exact) mass is 462 g/mol. The predicted octanol–water partition coefficient (Wildman–Crippen LogP) is 4.48. The normalized spacial score (nSPS) is 24.4. The van der Waals surface area contributed by atoms with Crippen molar-refractivity contribution in [2.75, 3.05) is 25.2 Å². The Morgan fingerprint density at radius 2 is 2.03 bits per heavy atom. The van der Waals surface area contributed by atoms with Gasteiger partial charge < -0.3 is 15.4 Å². The molecule has 2 fully saturated rings. The van der Waals surface area contributed by atoms with Crippen LogP contribution >= 0.6 is 23.5 Å². The fourth-order valence-electron chi connectivity index (χ4n) is 3.96. The van der Waals surface area contributed by atoms with Crippen LogP contribution in [0.15, 0.2) is 29.2 Å². The van der Waals surface area contributed by atoms with Crippen molar-refractivity contribution in [1.82, 2.24) is 10.6 Å². The number of hydrogen-bond acceptors (Lipinski definition) is 5. The van der Waals surface area contributed by atoms with Gasteiger partial charge in [0.1, 0.15) is 5.75 Å². The van der Waals surface area contributed by atoms with Gasteiger partial charge in [-0.1, -0.05) is 25.5 Å². The first-order valence-corrected chi connectivity index (χ1v) is 13.3. The lowest BCUT2D eigenvalue weighted by Crippen LogP contribution is -2.51. The third kappa shape index (κ3) is 7.21. The largest absolute Gasteiger partial charge is 0.497 e. The molecule has 170 valence electrons. The fourth-order valence-corrected chi connectivity index (χ4v) is 6.30. The first-order chi connectivity index (χ1) is 15.1. The number of thioether (sulfide) groups is 2. The quantitative estimate of drug-likeness (QED) is 0.396. The van der Waals surface area contributed by atoms with Crippen molar-refractivity contribution >= 4 is 41.4 Å². The molecule has 3 atom stereocenters. The molecule has 1 aliphatic carbocycles. The summed E-state index contributed by atoms with van der Waals surface area (Å²) in [7, 11) is 1.64. The molecular weight excluding hydrogens is 428 g/mol. The Morgan fingerprint density at radius 1 is 1.26 bits per heavy atom. The van der Waals surface area contributed by atoms with E-state index in [0.29, 0.717) is 5.25 Å².